The van der Waals surface area contributed by atoms with E-state index in [9.17, 15) is 0 Å². The van der Waals surface area contributed by atoms with Gasteiger partial charge in [0.15, 0.2) is 0 Å². The van der Waals surface area contributed by atoms with E-state index in [1.54, 1.807) is 6.20 Å². The molecule has 0 aliphatic rings. The van der Waals surface area contributed by atoms with Crippen LogP contribution in [0.5, 0.6) is 0 Å². The molecule has 1 unspecified atom stereocenters. The van der Waals surface area contributed by atoms with Crippen LogP contribution in [0.4, 0.5) is 0 Å². The van der Waals surface area contributed by atoms with Crippen LogP contribution in [0.1, 0.15) is 20.8 Å². The molecule has 1 nitrogen and oxygen atoms in total. The first-order chi connectivity index (χ1) is 3.68. The van der Waals surface area contributed by atoms with Crippen LogP contribution < -0.4 is 5.73 Å². The van der Waals surface area contributed by atoms with Gasteiger partial charge in [0, 0.05) is 0 Å². The number of nitrogens with two attached hydrogens (primary N) is 1. The maximum Gasteiger partial charge on any atom is -0.0100 e. The quantitative estimate of drug-likeness (QED) is 0.580. The van der Waals surface area contributed by atoms with Crippen molar-refractivity contribution in [2.45, 2.75) is 20.8 Å². The van der Waals surface area contributed by atoms with E-state index < -0.39 is 0 Å². The van der Waals surface area contributed by atoms with Crippen molar-refractivity contribution in [3.63, 3.8) is 0 Å². The molecule has 0 spiro atoms. The smallest absolute Gasteiger partial charge is 0.0100 e. The Morgan fingerprint density at radius 2 is 1.75 bits per heavy atom. The van der Waals surface area contributed by atoms with Gasteiger partial charge in [0.05, 0.1) is 0 Å². The average Bonchev–Trinajstić information content (AvgIpc) is 1.67. The number of hydrogen-bond donors (Lipinski definition) is 1. The van der Waals surface area contributed by atoms with Gasteiger partial charge in [-0.3, -0.25) is 0 Å². The van der Waals surface area contributed by atoms with Crippen molar-refractivity contribution in [2.24, 2.45) is 17.6 Å². The summed E-state index contributed by atoms with van der Waals surface area (Å²) in [6, 6.07) is 0. The molecule has 0 bridgehead atoms. The fraction of sp³-hybridized carbons (Fsp3) is 0.714. The molecule has 0 saturated heterocycles. The summed E-state index contributed by atoms with van der Waals surface area (Å²) in [7, 11) is 0. The van der Waals surface area contributed by atoms with Gasteiger partial charge in [-0.15, -0.1) is 0 Å². The maximum absolute atomic E-state index is 5.19. The SMILES string of the molecule is CC(C)C(C)/C=C\N. The minimum absolute atomic E-state index is 0.611. The van der Waals surface area contributed by atoms with Crippen LogP contribution in [-0.2, 0) is 0 Å². The lowest BCUT2D eigenvalue weighted by Gasteiger charge is -2.08. The van der Waals surface area contributed by atoms with Gasteiger partial charge in [-0.05, 0) is 18.0 Å². The Kier molecular flexibility index (Phi) is 3.33. The van der Waals surface area contributed by atoms with E-state index in [1.807, 2.05) is 6.08 Å². The standard InChI is InChI=1S/C7H15N/c1-6(2)7(3)4-5-8/h4-7H,8H2,1-3H3/b5-4-. The van der Waals surface area contributed by atoms with Crippen LogP contribution in [0.3, 0.4) is 0 Å². The van der Waals surface area contributed by atoms with Crippen LogP contribution in [0.15, 0.2) is 12.3 Å². The molecule has 0 aromatic carbocycles. The number of hydrogen-bond acceptors (Lipinski definition) is 1. The molecule has 0 fully saturated rings. The molecule has 0 aromatic heterocycles. The average molecular weight is 113 g/mol. The summed E-state index contributed by atoms with van der Waals surface area (Å²) in [6.07, 6.45) is 3.63. The second-order valence-electron chi connectivity index (χ2n) is 2.49. The highest BCUT2D eigenvalue weighted by Crippen LogP contribution is 2.09. The van der Waals surface area contributed by atoms with Gasteiger partial charge in [-0.2, -0.15) is 0 Å². The molecule has 0 saturated carbocycles. The Bertz CT molecular complexity index is 74.5. The Hall–Kier alpha value is -0.460. The van der Waals surface area contributed by atoms with E-state index in [0.717, 1.165) is 0 Å². The predicted octanol–water partition coefficient (Wildman–Crippen LogP) is 1.75. The highest BCUT2D eigenvalue weighted by molar-refractivity contribution is 4.83. The summed E-state index contributed by atoms with van der Waals surface area (Å²) in [5, 5.41) is 0. The molecule has 0 aliphatic carbocycles. The van der Waals surface area contributed by atoms with Gasteiger partial charge < -0.3 is 5.73 Å². The molecule has 0 amide bonds. The monoisotopic (exact) mass is 113 g/mol. The zero-order chi connectivity index (χ0) is 6.57. The minimum atomic E-state index is 0.611. The lowest BCUT2D eigenvalue weighted by atomic mass is 9.98. The Morgan fingerprint density at radius 3 is 1.88 bits per heavy atom. The number of allylic oxidation sites excluding steroid dienone is 1. The van der Waals surface area contributed by atoms with Gasteiger partial charge >= 0.3 is 0 Å². The fourth-order valence-electron chi connectivity index (χ4n) is 0.397. The van der Waals surface area contributed by atoms with Crippen LogP contribution in [0.25, 0.3) is 0 Å². The summed E-state index contributed by atoms with van der Waals surface area (Å²) in [4.78, 5) is 0. The lowest BCUT2D eigenvalue weighted by molar-refractivity contribution is 0.503. The van der Waals surface area contributed by atoms with E-state index in [1.165, 1.54) is 0 Å². The van der Waals surface area contributed by atoms with Crippen LogP contribution in [0, 0.1) is 11.8 Å². The normalized spacial score (nSPS) is 15.5. The minimum Gasteiger partial charge on any atom is -0.405 e. The first-order valence-corrected chi connectivity index (χ1v) is 3.07. The van der Waals surface area contributed by atoms with Crippen LogP contribution in [0.2, 0.25) is 0 Å². The largest absolute Gasteiger partial charge is 0.405 e. The zero-order valence-corrected chi connectivity index (χ0v) is 5.89. The van der Waals surface area contributed by atoms with E-state index in [0.29, 0.717) is 11.8 Å². The van der Waals surface area contributed by atoms with Crippen molar-refractivity contribution < 1.29 is 0 Å². The highest BCUT2D eigenvalue weighted by Gasteiger charge is 1.99. The summed E-state index contributed by atoms with van der Waals surface area (Å²) in [5.41, 5.74) is 5.19. The Morgan fingerprint density at radius 1 is 1.25 bits per heavy atom. The number of rotatable bonds is 2. The van der Waals surface area contributed by atoms with Gasteiger partial charge in [0.1, 0.15) is 0 Å². The van der Waals surface area contributed by atoms with Crippen molar-refractivity contribution in [2.75, 3.05) is 0 Å². The first-order valence-electron chi connectivity index (χ1n) is 3.07. The van der Waals surface area contributed by atoms with E-state index in [2.05, 4.69) is 20.8 Å². The van der Waals surface area contributed by atoms with E-state index in [4.69, 9.17) is 5.73 Å². The Balaban J connectivity index is 3.47. The molecular weight excluding hydrogens is 98.1 g/mol. The van der Waals surface area contributed by atoms with Gasteiger partial charge in [0.25, 0.3) is 0 Å². The third-order valence-corrected chi connectivity index (χ3v) is 1.47. The van der Waals surface area contributed by atoms with Crippen molar-refractivity contribution in [3.8, 4) is 0 Å². The first kappa shape index (κ1) is 7.54. The molecular formula is C7H15N. The van der Waals surface area contributed by atoms with Crippen molar-refractivity contribution in [3.05, 3.63) is 12.3 Å². The van der Waals surface area contributed by atoms with Gasteiger partial charge in [0.2, 0.25) is 0 Å². The third-order valence-electron chi connectivity index (χ3n) is 1.47. The molecule has 48 valence electrons. The molecule has 0 radical (unpaired) electrons. The second-order valence-corrected chi connectivity index (χ2v) is 2.49. The Labute approximate surface area is 51.6 Å². The molecule has 0 aromatic rings. The van der Waals surface area contributed by atoms with Gasteiger partial charge in [-0.25, -0.2) is 0 Å². The molecule has 0 aliphatic heterocycles. The van der Waals surface area contributed by atoms with Crippen molar-refractivity contribution in [1.29, 1.82) is 0 Å². The van der Waals surface area contributed by atoms with Crippen molar-refractivity contribution in [1.82, 2.24) is 0 Å². The molecule has 0 rings (SSSR count). The predicted molar refractivity (Wildman–Crippen MR) is 37.3 cm³/mol. The molecule has 1 atom stereocenters. The third kappa shape index (κ3) is 2.67. The summed E-state index contributed by atoms with van der Waals surface area (Å²) < 4.78 is 0. The van der Waals surface area contributed by atoms with Crippen LogP contribution >= 0.6 is 0 Å². The summed E-state index contributed by atoms with van der Waals surface area (Å²) >= 11 is 0. The topological polar surface area (TPSA) is 26.0 Å². The zero-order valence-electron chi connectivity index (χ0n) is 5.89. The molecule has 8 heavy (non-hydrogen) atoms. The van der Waals surface area contributed by atoms with Gasteiger partial charge in [-0.1, -0.05) is 26.8 Å². The molecule has 0 heterocycles. The van der Waals surface area contributed by atoms with E-state index in [-0.39, 0.29) is 0 Å². The summed E-state index contributed by atoms with van der Waals surface area (Å²) in [6.45, 7) is 6.53. The maximum atomic E-state index is 5.19. The highest BCUT2D eigenvalue weighted by atomic mass is 14.5. The molecule has 2 N–H and O–H groups in total. The fourth-order valence-corrected chi connectivity index (χ4v) is 0.397. The van der Waals surface area contributed by atoms with Crippen LogP contribution in [-0.4, -0.2) is 0 Å². The van der Waals surface area contributed by atoms with E-state index >= 15 is 0 Å². The lowest BCUT2D eigenvalue weighted by Crippen LogP contribution is -1.99. The van der Waals surface area contributed by atoms with Crippen molar-refractivity contribution >= 4 is 0 Å². The summed E-state index contributed by atoms with van der Waals surface area (Å²) in [5.74, 6) is 1.31. The second kappa shape index (κ2) is 3.53. The molecule has 1 heteroatoms.